The minimum absolute atomic E-state index is 0. The lowest BCUT2D eigenvalue weighted by atomic mass is 10.1. The lowest BCUT2D eigenvalue weighted by Gasteiger charge is -2.27. The van der Waals surface area contributed by atoms with Crippen LogP contribution in [0.5, 0.6) is 11.5 Å². The Balaban J connectivity index is 0.00000242. The van der Waals surface area contributed by atoms with Crippen molar-refractivity contribution in [1.82, 2.24) is 10.2 Å². The number of methoxy groups -OCH3 is 2. The van der Waals surface area contributed by atoms with Crippen molar-refractivity contribution in [3.8, 4) is 11.5 Å². The molecular weight excluding hydrogens is 304 g/mol. The zero-order valence-corrected chi connectivity index (χ0v) is 14.2. The number of amides is 1. The highest BCUT2D eigenvalue weighted by Gasteiger charge is 2.24. The fourth-order valence-electron chi connectivity index (χ4n) is 2.73. The van der Waals surface area contributed by atoms with Crippen molar-refractivity contribution in [2.75, 3.05) is 34.4 Å². The summed E-state index contributed by atoms with van der Waals surface area (Å²) in [6, 6.07) is 5.58. The first-order valence-corrected chi connectivity index (χ1v) is 7.37. The second-order valence-corrected chi connectivity index (χ2v) is 5.32. The third kappa shape index (κ3) is 4.27. The van der Waals surface area contributed by atoms with E-state index >= 15 is 0 Å². The molecule has 124 valence electrons. The number of hydrogen-bond donors (Lipinski definition) is 1. The first-order chi connectivity index (χ1) is 10.2. The van der Waals surface area contributed by atoms with Gasteiger partial charge in [0.2, 0.25) is 0 Å². The van der Waals surface area contributed by atoms with Gasteiger partial charge in [-0.3, -0.25) is 4.79 Å². The summed E-state index contributed by atoms with van der Waals surface area (Å²) in [5, 5.41) is 3.37. The van der Waals surface area contributed by atoms with Crippen LogP contribution in [-0.4, -0.2) is 51.2 Å². The van der Waals surface area contributed by atoms with Crippen molar-refractivity contribution < 1.29 is 14.3 Å². The lowest BCUT2D eigenvalue weighted by molar-refractivity contribution is 0.0716. The van der Waals surface area contributed by atoms with Crippen LogP contribution in [0.3, 0.4) is 0 Å². The van der Waals surface area contributed by atoms with E-state index in [1.807, 2.05) is 11.9 Å². The van der Waals surface area contributed by atoms with Crippen LogP contribution in [0.25, 0.3) is 0 Å². The molecule has 1 amide bonds. The summed E-state index contributed by atoms with van der Waals surface area (Å²) in [7, 11) is 5.04. The molecule has 1 fully saturated rings. The van der Waals surface area contributed by atoms with Gasteiger partial charge >= 0.3 is 0 Å². The largest absolute Gasteiger partial charge is 0.497 e. The Hall–Kier alpha value is -1.46. The van der Waals surface area contributed by atoms with Gasteiger partial charge in [0.05, 0.1) is 19.8 Å². The molecule has 1 unspecified atom stereocenters. The summed E-state index contributed by atoms with van der Waals surface area (Å²) in [5.41, 5.74) is 0.552. The fraction of sp³-hybridized carbons (Fsp3) is 0.562. The predicted molar refractivity (Wildman–Crippen MR) is 89.4 cm³/mol. The van der Waals surface area contributed by atoms with E-state index in [0.29, 0.717) is 17.1 Å². The molecule has 1 saturated heterocycles. The monoisotopic (exact) mass is 328 g/mol. The molecule has 1 atom stereocenters. The van der Waals surface area contributed by atoms with Crippen molar-refractivity contribution in [3.63, 3.8) is 0 Å². The van der Waals surface area contributed by atoms with Crippen molar-refractivity contribution in [2.45, 2.75) is 25.3 Å². The van der Waals surface area contributed by atoms with E-state index in [1.165, 1.54) is 0 Å². The van der Waals surface area contributed by atoms with E-state index in [4.69, 9.17) is 9.47 Å². The average molecular weight is 329 g/mol. The number of halogens is 1. The van der Waals surface area contributed by atoms with Gasteiger partial charge < -0.3 is 19.7 Å². The summed E-state index contributed by atoms with van der Waals surface area (Å²) in [6.07, 6.45) is 3.10. The standard InChI is InChI=1S/C16H24N2O3.ClH/c1-18(12-5-4-9-17-10-8-12)16(19)14-11-13(20-2)6-7-15(14)21-3;/h6-7,11-12,17H,4-5,8-10H2,1-3H3;1H. The zero-order chi connectivity index (χ0) is 15.2. The van der Waals surface area contributed by atoms with Gasteiger partial charge in [-0.1, -0.05) is 0 Å². The third-order valence-electron chi connectivity index (χ3n) is 4.05. The molecule has 0 aliphatic carbocycles. The number of carbonyl (C=O) groups is 1. The van der Waals surface area contributed by atoms with Gasteiger partial charge in [-0.2, -0.15) is 0 Å². The SMILES string of the molecule is COc1ccc(OC)c(C(=O)N(C)C2CCCNCC2)c1.Cl. The average Bonchev–Trinajstić information content (AvgIpc) is 2.82. The Morgan fingerprint density at radius 1 is 1.23 bits per heavy atom. The first kappa shape index (κ1) is 18.6. The van der Waals surface area contributed by atoms with Gasteiger partial charge in [-0.25, -0.2) is 0 Å². The summed E-state index contributed by atoms with van der Waals surface area (Å²) in [6.45, 7) is 1.98. The maximum Gasteiger partial charge on any atom is 0.257 e. The zero-order valence-electron chi connectivity index (χ0n) is 13.4. The molecule has 2 rings (SSSR count). The maximum atomic E-state index is 12.8. The number of benzene rings is 1. The minimum atomic E-state index is -0.0161. The van der Waals surface area contributed by atoms with E-state index in [-0.39, 0.29) is 24.4 Å². The highest BCUT2D eigenvalue weighted by molar-refractivity contribution is 5.97. The van der Waals surface area contributed by atoms with E-state index in [0.717, 1.165) is 32.4 Å². The highest BCUT2D eigenvalue weighted by atomic mass is 35.5. The normalized spacial score (nSPS) is 17.9. The number of nitrogens with one attached hydrogen (secondary N) is 1. The van der Waals surface area contributed by atoms with Crippen molar-refractivity contribution in [1.29, 1.82) is 0 Å². The van der Waals surface area contributed by atoms with Crippen molar-refractivity contribution in [3.05, 3.63) is 23.8 Å². The summed E-state index contributed by atoms with van der Waals surface area (Å²) in [4.78, 5) is 14.6. The molecule has 0 saturated carbocycles. The molecule has 1 heterocycles. The molecular formula is C16H25ClN2O3. The molecule has 1 aromatic rings. The number of rotatable bonds is 4. The topological polar surface area (TPSA) is 50.8 Å². The molecule has 1 aromatic carbocycles. The highest BCUT2D eigenvalue weighted by Crippen LogP contribution is 2.26. The Kier molecular flexibility index (Phi) is 7.48. The number of nitrogens with zero attached hydrogens (tertiary/aromatic N) is 1. The molecule has 0 bridgehead atoms. The van der Waals surface area contributed by atoms with Gasteiger partial charge in [0, 0.05) is 13.1 Å². The van der Waals surface area contributed by atoms with Gasteiger partial charge in [0.25, 0.3) is 5.91 Å². The molecule has 6 heteroatoms. The van der Waals surface area contributed by atoms with Crippen molar-refractivity contribution in [2.24, 2.45) is 0 Å². The van der Waals surface area contributed by atoms with E-state index in [2.05, 4.69) is 5.32 Å². The van der Waals surface area contributed by atoms with Crippen molar-refractivity contribution >= 4 is 18.3 Å². The number of ether oxygens (including phenoxy) is 2. The first-order valence-electron chi connectivity index (χ1n) is 7.37. The molecule has 5 nitrogen and oxygen atoms in total. The Labute approximate surface area is 138 Å². The van der Waals surface area contributed by atoms with E-state index in [1.54, 1.807) is 32.4 Å². The van der Waals surface area contributed by atoms with Crippen LogP contribution in [0.2, 0.25) is 0 Å². The fourth-order valence-corrected chi connectivity index (χ4v) is 2.73. The summed E-state index contributed by atoms with van der Waals surface area (Å²) in [5.74, 6) is 1.23. The summed E-state index contributed by atoms with van der Waals surface area (Å²) >= 11 is 0. The second kappa shape index (κ2) is 8.86. The van der Waals surface area contributed by atoms with Crippen LogP contribution >= 0.6 is 12.4 Å². The molecule has 0 radical (unpaired) electrons. The Bertz CT molecular complexity index is 488. The molecule has 1 N–H and O–H groups in total. The molecule has 1 aliphatic heterocycles. The van der Waals surface area contributed by atoms with Gasteiger partial charge in [-0.05, 0) is 50.6 Å². The molecule has 22 heavy (non-hydrogen) atoms. The third-order valence-corrected chi connectivity index (χ3v) is 4.05. The second-order valence-electron chi connectivity index (χ2n) is 5.32. The van der Waals surface area contributed by atoms with Crippen LogP contribution in [0, 0.1) is 0 Å². The van der Waals surface area contributed by atoms with E-state index in [9.17, 15) is 4.79 Å². The van der Waals surface area contributed by atoms with E-state index < -0.39 is 0 Å². The minimum Gasteiger partial charge on any atom is -0.497 e. The molecule has 1 aliphatic rings. The Morgan fingerprint density at radius 2 is 2.00 bits per heavy atom. The van der Waals surface area contributed by atoms with Gasteiger partial charge in [0.1, 0.15) is 11.5 Å². The predicted octanol–water partition coefficient (Wildman–Crippen LogP) is 2.34. The summed E-state index contributed by atoms with van der Waals surface area (Å²) < 4.78 is 10.5. The smallest absolute Gasteiger partial charge is 0.257 e. The molecule has 0 aromatic heterocycles. The van der Waals surface area contributed by atoms with Gasteiger partial charge in [-0.15, -0.1) is 12.4 Å². The quantitative estimate of drug-likeness (QED) is 0.921. The molecule has 0 spiro atoms. The number of carbonyl (C=O) groups excluding carboxylic acids is 1. The Morgan fingerprint density at radius 3 is 2.68 bits per heavy atom. The van der Waals surface area contributed by atoms with Crippen LogP contribution in [-0.2, 0) is 0 Å². The number of hydrogen-bond acceptors (Lipinski definition) is 4. The van der Waals surface area contributed by atoms with Crippen LogP contribution in [0.15, 0.2) is 18.2 Å². The maximum absolute atomic E-state index is 12.8. The van der Waals surface area contributed by atoms with Gasteiger partial charge in [0.15, 0.2) is 0 Å². The van der Waals surface area contributed by atoms with Crippen LogP contribution in [0.1, 0.15) is 29.6 Å². The lowest BCUT2D eigenvalue weighted by Crippen LogP contribution is -2.37. The van der Waals surface area contributed by atoms with Crippen LogP contribution in [0.4, 0.5) is 0 Å². The van der Waals surface area contributed by atoms with Crippen LogP contribution < -0.4 is 14.8 Å².